The number of amides is 4. The number of methoxy groups -OCH3 is 2. The number of nitrogens with zero attached hydrogens (tertiary/aromatic N) is 4. The number of nitrogens with one attached hydrogen (secondary N) is 5. The zero-order chi connectivity index (χ0) is 48.7. The van der Waals surface area contributed by atoms with E-state index in [1.165, 1.54) is 7.11 Å². The largest absolute Gasteiger partial charge is 0.497 e. The van der Waals surface area contributed by atoms with Crippen LogP contribution in [-0.2, 0) is 19.1 Å². The van der Waals surface area contributed by atoms with Gasteiger partial charge in [-0.15, -0.1) is 0 Å². The van der Waals surface area contributed by atoms with Gasteiger partial charge < -0.3 is 54.8 Å². The lowest BCUT2D eigenvalue weighted by atomic mass is 10.0. The second-order valence-electron chi connectivity index (χ2n) is 20.9. The number of aromatic nitrogens is 3. The van der Waals surface area contributed by atoms with Crippen molar-refractivity contribution in [3.05, 3.63) is 95.9 Å². The van der Waals surface area contributed by atoms with Crippen LogP contribution in [0.25, 0.3) is 39.2 Å². The maximum absolute atomic E-state index is 14.1. The van der Waals surface area contributed by atoms with Crippen molar-refractivity contribution >= 4 is 40.4 Å². The van der Waals surface area contributed by atoms with Gasteiger partial charge in [-0.2, -0.15) is 0 Å². The highest BCUT2D eigenvalue weighted by Crippen LogP contribution is 2.54. The van der Waals surface area contributed by atoms with Crippen LogP contribution in [0.5, 0.6) is 11.5 Å². The van der Waals surface area contributed by atoms with E-state index in [0.717, 1.165) is 93.8 Å². The first-order valence-corrected chi connectivity index (χ1v) is 25.0. The number of hydrogen-bond acceptors (Lipinski definition) is 10. The van der Waals surface area contributed by atoms with E-state index in [2.05, 4.69) is 86.3 Å². The molecule has 2 saturated heterocycles. The first kappa shape index (κ1) is 45.5. The van der Waals surface area contributed by atoms with Gasteiger partial charge in [-0.1, -0.05) is 52.8 Å². The molecule has 0 bridgehead atoms. The number of carbonyl (C=O) groups excluding carboxylic acids is 4. The highest BCUT2D eigenvalue weighted by Gasteiger charge is 2.56. The molecule has 2 aliphatic carbocycles. The third-order valence-corrected chi connectivity index (χ3v) is 15.6. The number of imidazole rings is 1. The van der Waals surface area contributed by atoms with Crippen LogP contribution in [0.3, 0.4) is 0 Å². The van der Waals surface area contributed by atoms with Crippen molar-refractivity contribution < 1.29 is 33.4 Å². The van der Waals surface area contributed by atoms with Crippen LogP contribution in [0, 0.1) is 29.6 Å². The lowest BCUT2D eigenvalue weighted by Gasteiger charge is -2.34. The Bertz CT molecular complexity index is 2920. The molecular weight excluding hydrogens is 887 g/mol. The molecule has 5 N–H and O–H groups in total. The van der Waals surface area contributed by atoms with Gasteiger partial charge in [0.05, 0.1) is 55.1 Å². The van der Waals surface area contributed by atoms with Crippen LogP contribution in [0.2, 0.25) is 0 Å². The Hall–Kier alpha value is -6.97. The summed E-state index contributed by atoms with van der Waals surface area (Å²) in [6.07, 6.45) is 6.91. The van der Waals surface area contributed by atoms with Gasteiger partial charge in [-0.05, 0) is 104 Å². The van der Waals surface area contributed by atoms with Crippen LogP contribution >= 0.6 is 0 Å². The van der Waals surface area contributed by atoms with Crippen molar-refractivity contribution in [1.29, 1.82) is 0 Å². The Morgan fingerprint density at radius 3 is 2.41 bits per heavy atom. The molecule has 4 amide bonds. The highest BCUT2D eigenvalue weighted by atomic mass is 16.5. The first-order chi connectivity index (χ1) is 33.8. The van der Waals surface area contributed by atoms with Gasteiger partial charge in [0.15, 0.2) is 0 Å². The van der Waals surface area contributed by atoms with E-state index >= 15 is 0 Å². The minimum absolute atomic E-state index is 0.00249. The van der Waals surface area contributed by atoms with Gasteiger partial charge in [0, 0.05) is 52.3 Å². The van der Waals surface area contributed by atoms with E-state index in [0.29, 0.717) is 24.2 Å². The van der Waals surface area contributed by atoms with Gasteiger partial charge in [-0.25, -0.2) is 9.78 Å². The molecule has 0 spiro atoms. The normalized spacial score (nSPS) is 25.8. The number of carbonyl (C=O) groups is 4. The van der Waals surface area contributed by atoms with Gasteiger partial charge in [-0.3, -0.25) is 14.4 Å². The molecule has 10 atom stereocenters. The minimum atomic E-state index is -0.699. The summed E-state index contributed by atoms with van der Waals surface area (Å²) in [5, 5.41) is 14.1. The number of benzene rings is 3. The van der Waals surface area contributed by atoms with Crippen LogP contribution in [0.15, 0.2) is 79.1 Å². The molecule has 16 nitrogen and oxygen atoms in total. The van der Waals surface area contributed by atoms with Gasteiger partial charge >= 0.3 is 6.09 Å². The average molecular weight is 950 g/mol. The number of likely N-dealkylation sites (tertiary alicyclic amines) is 2. The zero-order valence-electron chi connectivity index (χ0n) is 40.8. The molecule has 16 heteroatoms. The van der Waals surface area contributed by atoms with E-state index in [9.17, 15) is 19.2 Å². The summed E-state index contributed by atoms with van der Waals surface area (Å²) in [6.45, 7) is 10.6. The Morgan fingerprint density at radius 2 is 1.66 bits per heavy atom. The summed E-state index contributed by atoms with van der Waals surface area (Å²) in [7, 11) is 2.97. The standard InChI is InChI=1S/C54H63N9O7/c1-27(2)46(59-50(64)37-18-29(37)5)51(65)61-17-9-12-41(61)49-56-25-38(57-49)30-13-15-36-43-22-33-19-31(14-16-40(33)63(43)53(70-45(36)24-30)32-10-8-11-35(20-32)68-6)48-55-26-39(58-48)44-23-34-21-42(34)62(44)52(66)47(28(3)4)60-54(67)69-7/h8,10-11,13-16,19-20,22,24-29,34,37,41-42,44,46-47,49,53,56-57H,9,12,17-18,21,23H2,1-7H3,(H,55,58)(H,59,64)(H,60,67)/t29?,34-,37?,41?,42?,44+,46+,47?,49?,53?/m1/s1. The Morgan fingerprint density at radius 1 is 0.871 bits per heavy atom. The van der Waals surface area contributed by atoms with E-state index in [1.54, 1.807) is 7.11 Å². The zero-order valence-corrected chi connectivity index (χ0v) is 40.8. The first-order valence-electron chi connectivity index (χ1n) is 25.0. The minimum Gasteiger partial charge on any atom is -0.497 e. The predicted octanol–water partition coefficient (Wildman–Crippen LogP) is 7.29. The molecule has 4 fully saturated rings. The van der Waals surface area contributed by atoms with E-state index < -0.39 is 24.4 Å². The lowest BCUT2D eigenvalue weighted by Crippen LogP contribution is -2.57. The highest BCUT2D eigenvalue weighted by molar-refractivity contribution is 5.93. The summed E-state index contributed by atoms with van der Waals surface area (Å²) >= 11 is 0. The quantitative estimate of drug-likeness (QED) is 0.0804. The topological polar surface area (TPSA) is 184 Å². The van der Waals surface area contributed by atoms with Crippen LogP contribution < -0.4 is 30.7 Å². The number of hydrogen-bond donors (Lipinski definition) is 5. The molecule has 7 unspecified atom stereocenters. The molecule has 4 aliphatic heterocycles. The Balaban J connectivity index is 0.860. The molecule has 2 saturated carbocycles. The fraction of sp³-hybridized carbons (Fsp3) is 0.463. The number of H-pyrrole nitrogens is 1. The van der Waals surface area contributed by atoms with E-state index in [1.807, 2.05) is 68.1 Å². The summed E-state index contributed by atoms with van der Waals surface area (Å²) in [6, 6.07) is 21.4. The Labute approximate surface area is 407 Å². The van der Waals surface area contributed by atoms with Crippen molar-refractivity contribution in [2.24, 2.45) is 29.6 Å². The third-order valence-electron chi connectivity index (χ3n) is 15.6. The predicted molar refractivity (Wildman–Crippen MR) is 264 cm³/mol. The molecule has 5 aromatic rings. The number of alkyl carbamates (subject to hydrolysis) is 1. The smallest absolute Gasteiger partial charge is 0.407 e. The molecule has 3 aromatic carbocycles. The van der Waals surface area contributed by atoms with Gasteiger partial charge in [0.1, 0.15) is 35.6 Å². The van der Waals surface area contributed by atoms with Crippen molar-refractivity contribution in [2.45, 2.75) is 109 Å². The molecule has 366 valence electrons. The fourth-order valence-corrected chi connectivity index (χ4v) is 11.4. The molecule has 70 heavy (non-hydrogen) atoms. The maximum atomic E-state index is 14.1. The molecule has 6 aliphatic rings. The Kier molecular flexibility index (Phi) is 11.5. The summed E-state index contributed by atoms with van der Waals surface area (Å²) in [5.41, 5.74) is 7.49. The second kappa shape index (κ2) is 17.8. The van der Waals surface area contributed by atoms with Crippen molar-refractivity contribution in [3.8, 4) is 34.1 Å². The average Bonchev–Trinajstić information content (AvgIpc) is 3.81. The van der Waals surface area contributed by atoms with Crippen molar-refractivity contribution in [2.75, 3.05) is 20.8 Å². The lowest BCUT2D eigenvalue weighted by molar-refractivity contribution is -0.139. The fourth-order valence-electron chi connectivity index (χ4n) is 11.4. The second-order valence-corrected chi connectivity index (χ2v) is 20.9. The van der Waals surface area contributed by atoms with Crippen molar-refractivity contribution in [1.82, 2.24) is 45.6 Å². The number of aromatic amines is 1. The van der Waals surface area contributed by atoms with Gasteiger partial charge in [0.2, 0.25) is 23.9 Å². The molecule has 2 aromatic heterocycles. The third kappa shape index (κ3) is 8.08. The SMILES string of the molecule is COC(=O)NC(C(=O)N1C2C[C@@H]2C[C@H]1c1cnc(-c2ccc3c(c2)cc2n3C(c3cccc(OC)c3)Oc3cc(C4=CNC(C5CCCN5C(=O)[C@@H](NC(=O)C5CC5C)C(C)C)N4)ccc3-2)[nH]1)C(C)C. The van der Waals surface area contributed by atoms with Crippen LogP contribution in [0.1, 0.15) is 95.8 Å². The molecular formula is C54H63N9O7. The summed E-state index contributed by atoms with van der Waals surface area (Å²) in [5.74, 6) is 2.67. The maximum Gasteiger partial charge on any atom is 0.407 e. The summed E-state index contributed by atoms with van der Waals surface area (Å²) in [4.78, 5) is 65.7. The number of fused-ring (bicyclic) bond motifs is 6. The molecule has 6 heterocycles. The van der Waals surface area contributed by atoms with E-state index in [-0.39, 0.29) is 59.8 Å². The molecule has 11 rings (SSSR count). The van der Waals surface area contributed by atoms with Crippen molar-refractivity contribution in [3.63, 3.8) is 0 Å². The summed E-state index contributed by atoms with van der Waals surface area (Å²) < 4.78 is 19.8. The number of piperidine rings is 1. The van der Waals surface area contributed by atoms with Gasteiger partial charge in [0.25, 0.3) is 0 Å². The monoisotopic (exact) mass is 949 g/mol. The number of ether oxygens (including phenoxy) is 3. The molecule has 0 radical (unpaired) electrons. The number of rotatable bonds is 13. The van der Waals surface area contributed by atoms with Crippen LogP contribution in [-0.4, -0.2) is 99.2 Å². The van der Waals surface area contributed by atoms with E-state index in [4.69, 9.17) is 19.2 Å². The van der Waals surface area contributed by atoms with Crippen LogP contribution in [0.4, 0.5) is 4.79 Å².